The van der Waals surface area contributed by atoms with Crippen LogP contribution in [0.4, 0.5) is 5.69 Å². The van der Waals surface area contributed by atoms with Crippen LogP contribution in [0.25, 0.3) is 0 Å². The number of nitrogens with one attached hydrogen (secondary N) is 1. The Hall–Kier alpha value is -2.24. The number of carbonyl (C=O) groups excluding carboxylic acids is 1. The number of hydrogen-bond acceptors (Lipinski definition) is 5. The quantitative estimate of drug-likeness (QED) is 0.737. The molecular weight excluding hydrogens is 226 g/mol. The zero-order chi connectivity index (χ0) is 12.4. The summed E-state index contributed by atoms with van der Waals surface area (Å²) in [5, 5.41) is 11.6. The van der Waals surface area contributed by atoms with Crippen LogP contribution in [-0.4, -0.2) is 36.8 Å². The number of rotatable bonds is 2. The predicted molar refractivity (Wildman–Crippen MR) is 58.3 cm³/mol. The van der Waals surface area contributed by atoms with Gasteiger partial charge in [0, 0.05) is 0 Å². The Kier molecular flexibility index (Phi) is 2.86. The molecule has 6 heteroatoms. The first-order valence-corrected chi connectivity index (χ1v) is 4.96. The molecule has 1 aromatic rings. The van der Waals surface area contributed by atoms with Crippen LogP contribution in [0, 0.1) is 0 Å². The number of benzene rings is 1. The van der Waals surface area contributed by atoms with Gasteiger partial charge in [-0.1, -0.05) is 0 Å². The average Bonchev–Trinajstić information content (AvgIpc) is 2.36. The van der Waals surface area contributed by atoms with Gasteiger partial charge in [-0.15, -0.1) is 0 Å². The zero-order valence-electron chi connectivity index (χ0n) is 9.10. The third kappa shape index (κ3) is 2.15. The van der Waals surface area contributed by atoms with E-state index in [4.69, 9.17) is 9.84 Å². The number of fused-ring (bicyclic) bond motifs is 1. The Labute approximate surface area is 97.1 Å². The fourth-order valence-electron chi connectivity index (χ4n) is 1.55. The SMILES string of the molecule is COC(=O)c1ccc2c(c1)NC(C(=O)O)CO2. The Morgan fingerprint density at radius 1 is 1.53 bits per heavy atom. The summed E-state index contributed by atoms with van der Waals surface area (Å²) in [4.78, 5) is 22.1. The van der Waals surface area contributed by atoms with Crippen LogP contribution in [0.2, 0.25) is 0 Å². The number of anilines is 1. The minimum Gasteiger partial charge on any atom is -0.489 e. The van der Waals surface area contributed by atoms with E-state index in [0.717, 1.165) is 0 Å². The third-order valence-corrected chi connectivity index (χ3v) is 2.43. The molecule has 1 aromatic carbocycles. The van der Waals surface area contributed by atoms with E-state index in [1.165, 1.54) is 13.2 Å². The summed E-state index contributed by atoms with van der Waals surface area (Å²) in [7, 11) is 1.28. The highest BCUT2D eigenvalue weighted by atomic mass is 16.5. The molecule has 0 radical (unpaired) electrons. The molecule has 1 unspecified atom stereocenters. The van der Waals surface area contributed by atoms with E-state index in [9.17, 15) is 9.59 Å². The summed E-state index contributed by atoms with van der Waals surface area (Å²) in [5.74, 6) is -0.957. The molecule has 1 aliphatic heterocycles. The molecule has 0 spiro atoms. The minimum atomic E-state index is -1.00. The van der Waals surface area contributed by atoms with Gasteiger partial charge in [0.1, 0.15) is 12.4 Å². The fraction of sp³-hybridized carbons (Fsp3) is 0.273. The van der Waals surface area contributed by atoms with Gasteiger partial charge < -0.3 is 19.9 Å². The highest BCUT2D eigenvalue weighted by Crippen LogP contribution is 2.30. The first kappa shape index (κ1) is 11.3. The van der Waals surface area contributed by atoms with Gasteiger partial charge in [-0.25, -0.2) is 9.59 Å². The van der Waals surface area contributed by atoms with Crippen molar-refractivity contribution in [3.05, 3.63) is 23.8 Å². The molecule has 2 rings (SSSR count). The van der Waals surface area contributed by atoms with Gasteiger partial charge in [0.05, 0.1) is 18.4 Å². The molecule has 0 saturated carbocycles. The molecule has 0 amide bonds. The third-order valence-electron chi connectivity index (χ3n) is 2.43. The Morgan fingerprint density at radius 3 is 2.94 bits per heavy atom. The van der Waals surface area contributed by atoms with Gasteiger partial charge in [-0.05, 0) is 18.2 Å². The molecule has 1 atom stereocenters. The summed E-state index contributed by atoms with van der Waals surface area (Å²) < 4.78 is 9.85. The van der Waals surface area contributed by atoms with Crippen molar-refractivity contribution in [3.8, 4) is 5.75 Å². The number of hydrogen-bond donors (Lipinski definition) is 2. The number of carboxylic acids is 1. The van der Waals surface area contributed by atoms with E-state index in [1.807, 2.05) is 0 Å². The van der Waals surface area contributed by atoms with Crippen molar-refractivity contribution in [2.24, 2.45) is 0 Å². The molecular formula is C11H11NO5. The molecule has 2 N–H and O–H groups in total. The highest BCUT2D eigenvalue weighted by Gasteiger charge is 2.25. The predicted octanol–water partition coefficient (Wildman–Crippen LogP) is 0.731. The highest BCUT2D eigenvalue weighted by molar-refractivity contribution is 5.91. The molecule has 0 aromatic heterocycles. The summed E-state index contributed by atoms with van der Waals surface area (Å²) in [6.07, 6.45) is 0. The van der Waals surface area contributed by atoms with Crippen molar-refractivity contribution in [3.63, 3.8) is 0 Å². The number of esters is 1. The maximum Gasteiger partial charge on any atom is 0.337 e. The van der Waals surface area contributed by atoms with E-state index in [-0.39, 0.29) is 6.61 Å². The van der Waals surface area contributed by atoms with E-state index in [2.05, 4.69) is 10.1 Å². The van der Waals surface area contributed by atoms with Crippen LogP contribution in [0.3, 0.4) is 0 Å². The topological polar surface area (TPSA) is 84.9 Å². The summed E-state index contributed by atoms with van der Waals surface area (Å²) >= 11 is 0. The van der Waals surface area contributed by atoms with Gasteiger partial charge in [0.2, 0.25) is 0 Å². The van der Waals surface area contributed by atoms with Crippen LogP contribution in [0.1, 0.15) is 10.4 Å². The van der Waals surface area contributed by atoms with E-state index in [1.54, 1.807) is 12.1 Å². The second-order valence-electron chi connectivity index (χ2n) is 3.55. The van der Waals surface area contributed by atoms with Crippen molar-refractivity contribution in [2.75, 3.05) is 19.0 Å². The van der Waals surface area contributed by atoms with Gasteiger partial charge in [-0.2, -0.15) is 0 Å². The first-order chi connectivity index (χ1) is 8.11. The van der Waals surface area contributed by atoms with Crippen LogP contribution in [0.5, 0.6) is 5.75 Å². The zero-order valence-corrected chi connectivity index (χ0v) is 9.10. The molecule has 0 saturated heterocycles. The van der Waals surface area contributed by atoms with Crippen molar-refractivity contribution in [1.82, 2.24) is 0 Å². The monoisotopic (exact) mass is 237 g/mol. The van der Waals surface area contributed by atoms with Gasteiger partial charge in [-0.3, -0.25) is 0 Å². The maximum absolute atomic E-state index is 11.3. The second-order valence-corrected chi connectivity index (χ2v) is 3.55. The van der Waals surface area contributed by atoms with Crippen molar-refractivity contribution >= 4 is 17.6 Å². The summed E-state index contributed by atoms with van der Waals surface area (Å²) in [6, 6.07) is 3.87. The fourth-order valence-corrected chi connectivity index (χ4v) is 1.55. The first-order valence-electron chi connectivity index (χ1n) is 4.96. The maximum atomic E-state index is 11.3. The second kappa shape index (κ2) is 4.32. The Balaban J connectivity index is 2.29. The van der Waals surface area contributed by atoms with Crippen LogP contribution in [0.15, 0.2) is 18.2 Å². The summed E-state index contributed by atoms with van der Waals surface area (Å²) in [6.45, 7) is 0.0555. The molecule has 0 bridgehead atoms. The van der Waals surface area contributed by atoms with E-state index in [0.29, 0.717) is 17.0 Å². The normalized spacial score (nSPS) is 17.4. The lowest BCUT2D eigenvalue weighted by Crippen LogP contribution is -2.38. The Morgan fingerprint density at radius 2 is 2.29 bits per heavy atom. The molecule has 0 fully saturated rings. The number of aliphatic carboxylic acids is 1. The average molecular weight is 237 g/mol. The van der Waals surface area contributed by atoms with E-state index >= 15 is 0 Å². The summed E-state index contributed by atoms with van der Waals surface area (Å²) in [5.41, 5.74) is 0.819. The van der Waals surface area contributed by atoms with Crippen LogP contribution >= 0.6 is 0 Å². The smallest absolute Gasteiger partial charge is 0.337 e. The molecule has 1 heterocycles. The lowest BCUT2D eigenvalue weighted by molar-refractivity contribution is -0.138. The number of carboxylic acid groups (broad SMARTS) is 1. The molecule has 6 nitrogen and oxygen atoms in total. The van der Waals surface area contributed by atoms with E-state index < -0.39 is 18.0 Å². The van der Waals surface area contributed by atoms with Crippen molar-refractivity contribution < 1.29 is 24.2 Å². The van der Waals surface area contributed by atoms with Gasteiger partial charge in [0.15, 0.2) is 6.04 Å². The number of ether oxygens (including phenoxy) is 2. The lowest BCUT2D eigenvalue weighted by Gasteiger charge is -2.24. The molecule has 1 aliphatic rings. The molecule has 0 aliphatic carbocycles. The minimum absolute atomic E-state index is 0.0555. The standard InChI is InChI=1S/C11H11NO5/c1-16-11(15)6-2-3-9-7(4-6)12-8(5-17-9)10(13)14/h2-4,8,12H,5H2,1H3,(H,13,14). The van der Waals surface area contributed by atoms with Crippen LogP contribution in [-0.2, 0) is 9.53 Å². The largest absolute Gasteiger partial charge is 0.489 e. The van der Waals surface area contributed by atoms with Crippen LogP contribution < -0.4 is 10.1 Å². The Bertz CT molecular complexity index is 471. The van der Waals surface area contributed by atoms with Gasteiger partial charge >= 0.3 is 11.9 Å². The lowest BCUT2D eigenvalue weighted by atomic mass is 10.1. The van der Waals surface area contributed by atoms with Gasteiger partial charge in [0.25, 0.3) is 0 Å². The molecule has 17 heavy (non-hydrogen) atoms. The van der Waals surface area contributed by atoms with Crippen molar-refractivity contribution in [1.29, 1.82) is 0 Å². The molecule has 90 valence electrons. The number of carbonyl (C=O) groups is 2. The van der Waals surface area contributed by atoms with Crippen molar-refractivity contribution in [2.45, 2.75) is 6.04 Å². The number of methoxy groups -OCH3 is 1.